The van der Waals surface area contributed by atoms with Crippen molar-refractivity contribution in [2.24, 2.45) is 0 Å². The zero-order valence-electron chi connectivity index (χ0n) is 9.82. The highest BCUT2D eigenvalue weighted by atomic mass is 16.3. The molecule has 0 radical (unpaired) electrons. The number of nitrogens with one attached hydrogen (secondary N) is 1. The predicted molar refractivity (Wildman–Crippen MR) is 63.2 cm³/mol. The zero-order valence-corrected chi connectivity index (χ0v) is 9.82. The van der Waals surface area contributed by atoms with Gasteiger partial charge in [0.25, 0.3) is 5.91 Å². The Labute approximate surface area is 103 Å². The first-order valence-electron chi connectivity index (χ1n) is 5.46. The molecule has 2 aromatic rings. The zero-order chi connectivity index (χ0) is 13.0. The van der Waals surface area contributed by atoms with E-state index in [1.807, 2.05) is 0 Å². The highest BCUT2D eigenvalue weighted by molar-refractivity contribution is 5.94. The molecular weight excluding hydrogens is 234 g/mol. The summed E-state index contributed by atoms with van der Waals surface area (Å²) in [6.07, 6.45) is 0.879. The molecule has 0 aliphatic heterocycles. The van der Waals surface area contributed by atoms with Crippen LogP contribution in [0.25, 0.3) is 5.69 Å². The van der Waals surface area contributed by atoms with E-state index >= 15 is 0 Å². The molecule has 1 unspecified atom stereocenters. The number of tetrazole rings is 1. The summed E-state index contributed by atoms with van der Waals surface area (Å²) < 4.78 is 1.46. The third kappa shape index (κ3) is 2.89. The maximum absolute atomic E-state index is 11.8. The minimum atomic E-state index is -0.573. The predicted octanol–water partition coefficient (Wildman–Crippen LogP) is -0.227. The third-order valence-corrected chi connectivity index (χ3v) is 2.28. The Balaban J connectivity index is 2.15. The van der Waals surface area contributed by atoms with Gasteiger partial charge in [-0.1, -0.05) is 6.07 Å². The molecule has 0 spiro atoms. The molecule has 0 fully saturated rings. The lowest BCUT2D eigenvalue weighted by atomic mass is 10.2. The van der Waals surface area contributed by atoms with E-state index in [1.165, 1.54) is 11.0 Å². The maximum Gasteiger partial charge on any atom is 0.251 e. The average Bonchev–Trinajstić information content (AvgIpc) is 2.90. The Hall–Kier alpha value is -2.28. The second-order valence-corrected chi connectivity index (χ2v) is 3.86. The van der Waals surface area contributed by atoms with Crippen LogP contribution in [0, 0.1) is 0 Å². The maximum atomic E-state index is 11.8. The van der Waals surface area contributed by atoms with E-state index in [1.54, 1.807) is 31.2 Å². The first kappa shape index (κ1) is 12.2. The van der Waals surface area contributed by atoms with Crippen LogP contribution >= 0.6 is 0 Å². The smallest absolute Gasteiger partial charge is 0.251 e. The molecule has 2 rings (SSSR count). The van der Waals surface area contributed by atoms with Crippen LogP contribution in [0.2, 0.25) is 0 Å². The van der Waals surface area contributed by atoms with Gasteiger partial charge in [-0.05, 0) is 35.5 Å². The molecule has 1 atom stereocenters. The summed E-state index contributed by atoms with van der Waals surface area (Å²) in [6.45, 7) is 1.83. The minimum Gasteiger partial charge on any atom is -0.392 e. The molecule has 7 heteroatoms. The molecule has 0 saturated carbocycles. The first-order chi connectivity index (χ1) is 8.66. The summed E-state index contributed by atoms with van der Waals surface area (Å²) in [5.41, 5.74) is 1.19. The van der Waals surface area contributed by atoms with Gasteiger partial charge in [0.1, 0.15) is 6.33 Å². The molecule has 18 heavy (non-hydrogen) atoms. The highest BCUT2D eigenvalue weighted by Crippen LogP contribution is 2.08. The van der Waals surface area contributed by atoms with Crippen LogP contribution in [0.4, 0.5) is 0 Å². The van der Waals surface area contributed by atoms with Crippen molar-refractivity contribution in [1.29, 1.82) is 0 Å². The fourth-order valence-electron chi connectivity index (χ4n) is 1.41. The fraction of sp³-hybridized carbons (Fsp3) is 0.273. The van der Waals surface area contributed by atoms with Crippen molar-refractivity contribution in [3.63, 3.8) is 0 Å². The molecule has 1 heterocycles. The molecule has 0 aliphatic rings. The van der Waals surface area contributed by atoms with Crippen molar-refractivity contribution in [3.8, 4) is 5.69 Å². The Kier molecular flexibility index (Phi) is 3.63. The summed E-state index contributed by atoms with van der Waals surface area (Å²) >= 11 is 0. The number of aliphatic hydroxyl groups is 1. The number of amides is 1. The average molecular weight is 247 g/mol. The SMILES string of the molecule is CC(O)CNC(=O)c1cccc(-n2cnnn2)c1. The van der Waals surface area contributed by atoms with E-state index < -0.39 is 6.10 Å². The summed E-state index contributed by atoms with van der Waals surface area (Å²) in [7, 11) is 0. The standard InChI is InChI=1S/C11H13N5O2/c1-8(17)6-12-11(18)9-3-2-4-10(5-9)16-7-13-14-15-16/h2-5,7-8,17H,6H2,1H3,(H,12,18). The number of carbonyl (C=O) groups is 1. The van der Waals surface area contributed by atoms with Gasteiger partial charge in [-0.15, -0.1) is 5.10 Å². The number of benzene rings is 1. The van der Waals surface area contributed by atoms with Crippen molar-refractivity contribution < 1.29 is 9.90 Å². The lowest BCUT2D eigenvalue weighted by molar-refractivity contribution is 0.0924. The largest absolute Gasteiger partial charge is 0.392 e. The van der Waals surface area contributed by atoms with E-state index in [0.717, 1.165) is 0 Å². The Morgan fingerprint density at radius 3 is 3.06 bits per heavy atom. The second kappa shape index (κ2) is 5.37. The summed E-state index contributed by atoms with van der Waals surface area (Å²) in [4.78, 5) is 11.8. The number of carbonyl (C=O) groups excluding carboxylic acids is 1. The van der Waals surface area contributed by atoms with Crippen LogP contribution in [0.3, 0.4) is 0 Å². The lowest BCUT2D eigenvalue weighted by Crippen LogP contribution is -2.30. The number of aromatic nitrogens is 4. The molecule has 0 aliphatic carbocycles. The second-order valence-electron chi connectivity index (χ2n) is 3.86. The number of hydrogen-bond donors (Lipinski definition) is 2. The van der Waals surface area contributed by atoms with Gasteiger partial charge in [0, 0.05) is 12.1 Å². The monoisotopic (exact) mass is 247 g/mol. The first-order valence-corrected chi connectivity index (χ1v) is 5.46. The van der Waals surface area contributed by atoms with Gasteiger partial charge in [-0.25, -0.2) is 4.68 Å². The number of aliphatic hydroxyl groups excluding tert-OH is 1. The van der Waals surface area contributed by atoms with Crippen LogP contribution in [0.1, 0.15) is 17.3 Å². The molecule has 0 bridgehead atoms. The van der Waals surface area contributed by atoms with Gasteiger partial charge >= 0.3 is 0 Å². The van der Waals surface area contributed by atoms with E-state index in [4.69, 9.17) is 5.11 Å². The van der Waals surface area contributed by atoms with E-state index in [2.05, 4.69) is 20.8 Å². The fourth-order valence-corrected chi connectivity index (χ4v) is 1.41. The summed E-state index contributed by atoms with van der Waals surface area (Å²) in [5.74, 6) is -0.245. The number of nitrogens with zero attached hydrogens (tertiary/aromatic N) is 4. The van der Waals surface area contributed by atoms with Crippen LogP contribution < -0.4 is 5.32 Å². The minimum absolute atomic E-state index is 0.216. The molecule has 1 aromatic carbocycles. The van der Waals surface area contributed by atoms with Crippen LogP contribution in [-0.2, 0) is 0 Å². The van der Waals surface area contributed by atoms with Crippen molar-refractivity contribution >= 4 is 5.91 Å². The topological polar surface area (TPSA) is 92.9 Å². The van der Waals surface area contributed by atoms with Crippen molar-refractivity contribution in [3.05, 3.63) is 36.2 Å². The van der Waals surface area contributed by atoms with Gasteiger partial charge < -0.3 is 10.4 Å². The lowest BCUT2D eigenvalue weighted by Gasteiger charge is -2.08. The van der Waals surface area contributed by atoms with Gasteiger partial charge in [0.2, 0.25) is 0 Å². The van der Waals surface area contributed by atoms with Crippen molar-refractivity contribution in [2.45, 2.75) is 13.0 Å². The third-order valence-electron chi connectivity index (χ3n) is 2.28. The quantitative estimate of drug-likeness (QED) is 0.778. The van der Waals surface area contributed by atoms with Gasteiger partial charge in [0.15, 0.2) is 0 Å². The van der Waals surface area contributed by atoms with Crippen LogP contribution in [0.15, 0.2) is 30.6 Å². The van der Waals surface area contributed by atoms with Gasteiger partial charge in [-0.2, -0.15) is 0 Å². The van der Waals surface area contributed by atoms with E-state index in [0.29, 0.717) is 11.3 Å². The van der Waals surface area contributed by atoms with Crippen LogP contribution in [-0.4, -0.2) is 43.9 Å². The van der Waals surface area contributed by atoms with Crippen molar-refractivity contribution in [1.82, 2.24) is 25.5 Å². The molecule has 2 N–H and O–H groups in total. The number of hydrogen-bond acceptors (Lipinski definition) is 5. The molecule has 94 valence electrons. The Bertz CT molecular complexity index is 524. The summed E-state index contributed by atoms with van der Waals surface area (Å²) in [6, 6.07) is 6.90. The normalized spacial score (nSPS) is 12.1. The van der Waals surface area contributed by atoms with E-state index in [-0.39, 0.29) is 12.5 Å². The Morgan fingerprint density at radius 1 is 1.56 bits per heavy atom. The molecule has 1 amide bonds. The van der Waals surface area contributed by atoms with Gasteiger partial charge in [-0.3, -0.25) is 4.79 Å². The highest BCUT2D eigenvalue weighted by Gasteiger charge is 2.08. The number of rotatable bonds is 4. The summed E-state index contributed by atoms with van der Waals surface area (Å²) in [5, 5.41) is 22.5. The van der Waals surface area contributed by atoms with Crippen molar-refractivity contribution in [2.75, 3.05) is 6.54 Å². The van der Waals surface area contributed by atoms with Crippen LogP contribution in [0.5, 0.6) is 0 Å². The molecular formula is C11H13N5O2. The van der Waals surface area contributed by atoms with Gasteiger partial charge in [0.05, 0.1) is 11.8 Å². The molecule has 1 aromatic heterocycles. The van der Waals surface area contributed by atoms with E-state index in [9.17, 15) is 4.79 Å². The molecule has 0 saturated heterocycles. The molecule has 7 nitrogen and oxygen atoms in total. The Morgan fingerprint density at radius 2 is 2.39 bits per heavy atom.